The molecule has 0 aliphatic heterocycles. The molecular formula is C29H30FN9O3. The molecular weight excluding hydrogens is 541 g/mol. The third kappa shape index (κ3) is 5.53. The largest absolute Gasteiger partial charge is 0.364 e. The zero-order chi connectivity index (χ0) is 30.2. The fourth-order valence-electron chi connectivity index (χ4n) is 4.37. The summed E-state index contributed by atoms with van der Waals surface area (Å²) in [5.41, 5.74) is 1.61. The molecule has 2 amide bonds. The van der Waals surface area contributed by atoms with Gasteiger partial charge in [0.1, 0.15) is 29.2 Å². The van der Waals surface area contributed by atoms with Crippen LogP contribution in [-0.4, -0.2) is 42.7 Å². The Kier molecular flexibility index (Phi) is 7.42. The summed E-state index contributed by atoms with van der Waals surface area (Å²) < 4.78 is 21.4. The number of halogens is 1. The molecule has 4 heterocycles. The third-order valence-corrected chi connectivity index (χ3v) is 6.45. The topological polar surface area (TPSA) is 153 Å². The van der Waals surface area contributed by atoms with Crippen molar-refractivity contribution in [2.24, 2.45) is 0 Å². The summed E-state index contributed by atoms with van der Waals surface area (Å²) in [6.07, 6.45) is 5.97. The van der Waals surface area contributed by atoms with Gasteiger partial charge in [-0.1, -0.05) is 32.0 Å². The van der Waals surface area contributed by atoms with Crippen LogP contribution in [-0.2, 0) is 5.41 Å². The highest BCUT2D eigenvalue weighted by Gasteiger charge is 2.22. The molecule has 1 aromatic carbocycles. The Morgan fingerprint density at radius 3 is 2.43 bits per heavy atom. The Hall–Kier alpha value is -5.20. The van der Waals surface area contributed by atoms with E-state index in [1.165, 1.54) is 36.9 Å². The minimum absolute atomic E-state index is 0.124. The molecule has 12 nitrogen and oxygen atoms in total. The van der Waals surface area contributed by atoms with Crippen LogP contribution in [0.1, 0.15) is 46.5 Å². The fraction of sp³-hybridized carbons (Fsp3) is 0.276. The summed E-state index contributed by atoms with van der Waals surface area (Å²) in [5.74, 6) is 0.256. The van der Waals surface area contributed by atoms with Gasteiger partial charge in [0.25, 0.3) is 5.56 Å². The number of urea groups is 1. The lowest BCUT2D eigenvalue weighted by molar-refractivity contribution is 0.262. The van der Waals surface area contributed by atoms with Crippen LogP contribution in [0.5, 0.6) is 0 Å². The molecule has 5 rings (SSSR count). The molecule has 216 valence electrons. The van der Waals surface area contributed by atoms with Crippen molar-refractivity contribution < 1.29 is 13.7 Å². The lowest BCUT2D eigenvalue weighted by Crippen LogP contribution is -2.25. The van der Waals surface area contributed by atoms with Crippen molar-refractivity contribution in [1.82, 2.24) is 29.7 Å². The number of carbonyl (C=O) groups is 1. The normalized spacial score (nSPS) is 11.6. The number of nitrogens with one attached hydrogen (secondary N) is 3. The van der Waals surface area contributed by atoms with Gasteiger partial charge in [-0.3, -0.25) is 9.36 Å². The number of carbonyl (C=O) groups excluding carboxylic acids is 1. The van der Waals surface area contributed by atoms with Gasteiger partial charge >= 0.3 is 6.03 Å². The van der Waals surface area contributed by atoms with Crippen molar-refractivity contribution >= 4 is 34.4 Å². The lowest BCUT2D eigenvalue weighted by atomic mass is 9.95. The van der Waals surface area contributed by atoms with E-state index in [-0.39, 0.29) is 28.4 Å². The Morgan fingerprint density at radius 2 is 1.76 bits per heavy atom. The molecule has 0 saturated heterocycles. The van der Waals surface area contributed by atoms with Crippen LogP contribution in [0.15, 0.2) is 58.4 Å². The van der Waals surface area contributed by atoms with Crippen LogP contribution in [0.3, 0.4) is 0 Å². The standard InChI is InChI=1S/C29H30FN9O3/c1-15(2)39-24-17(11-33-27(31-6)38-24)9-19(25(39)40)16-7-8-20(30)21(10-16)35-28(41)36-22-13-32-26(29(3,4)5)37-23(22)18-12-34-42-14-18/h7-15H,1-6H3,(H,31,33,38)(H2,35,36,41). The Bertz CT molecular complexity index is 1840. The van der Waals surface area contributed by atoms with Gasteiger partial charge in [-0.15, -0.1) is 0 Å². The minimum atomic E-state index is -0.734. The predicted molar refractivity (Wildman–Crippen MR) is 158 cm³/mol. The molecule has 13 heteroatoms. The minimum Gasteiger partial charge on any atom is -0.364 e. The molecule has 0 radical (unpaired) electrons. The number of pyridine rings is 1. The summed E-state index contributed by atoms with van der Waals surface area (Å²) in [5, 5.41) is 12.5. The van der Waals surface area contributed by atoms with Crippen LogP contribution in [0.2, 0.25) is 0 Å². The van der Waals surface area contributed by atoms with Crippen molar-refractivity contribution in [1.29, 1.82) is 0 Å². The quantitative estimate of drug-likeness (QED) is 0.236. The van der Waals surface area contributed by atoms with E-state index in [1.54, 1.807) is 23.9 Å². The first-order valence-electron chi connectivity index (χ1n) is 13.2. The molecule has 0 saturated carbocycles. The van der Waals surface area contributed by atoms with Crippen LogP contribution in [0.4, 0.5) is 26.5 Å². The number of nitrogens with zero attached hydrogens (tertiary/aromatic N) is 6. The number of aromatic nitrogens is 6. The van der Waals surface area contributed by atoms with Gasteiger partial charge in [-0.05, 0) is 37.6 Å². The maximum Gasteiger partial charge on any atom is 0.323 e. The molecule has 0 unspecified atom stereocenters. The number of anilines is 3. The summed E-state index contributed by atoms with van der Waals surface area (Å²) >= 11 is 0. The number of benzene rings is 1. The Morgan fingerprint density at radius 1 is 1.00 bits per heavy atom. The van der Waals surface area contributed by atoms with Crippen molar-refractivity contribution in [2.75, 3.05) is 23.0 Å². The molecule has 0 spiro atoms. The molecule has 5 aromatic rings. The zero-order valence-electron chi connectivity index (χ0n) is 24.0. The van der Waals surface area contributed by atoms with Crippen LogP contribution < -0.4 is 21.5 Å². The van der Waals surface area contributed by atoms with E-state index >= 15 is 0 Å². The first kappa shape index (κ1) is 28.3. The van der Waals surface area contributed by atoms with E-state index in [0.29, 0.717) is 45.2 Å². The monoisotopic (exact) mass is 571 g/mol. The Balaban J connectivity index is 1.49. The van der Waals surface area contributed by atoms with Gasteiger partial charge in [0.15, 0.2) is 0 Å². The first-order chi connectivity index (χ1) is 20.0. The summed E-state index contributed by atoms with van der Waals surface area (Å²) in [6.45, 7) is 9.65. The maximum absolute atomic E-state index is 14.9. The van der Waals surface area contributed by atoms with Crippen molar-refractivity contribution in [3.05, 3.63) is 71.1 Å². The second-order valence-corrected chi connectivity index (χ2v) is 10.9. The third-order valence-electron chi connectivity index (χ3n) is 6.45. The van der Waals surface area contributed by atoms with E-state index < -0.39 is 11.8 Å². The molecule has 42 heavy (non-hydrogen) atoms. The molecule has 0 fully saturated rings. The number of hydrogen-bond donors (Lipinski definition) is 3. The van der Waals surface area contributed by atoms with E-state index in [0.717, 1.165) is 0 Å². The zero-order valence-corrected chi connectivity index (χ0v) is 24.0. The van der Waals surface area contributed by atoms with E-state index in [2.05, 4.69) is 41.0 Å². The fourth-order valence-corrected chi connectivity index (χ4v) is 4.37. The van der Waals surface area contributed by atoms with Crippen LogP contribution in [0, 0.1) is 5.82 Å². The molecule has 4 aromatic heterocycles. The van der Waals surface area contributed by atoms with Crippen molar-refractivity contribution in [3.8, 4) is 22.4 Å². The maximum atomic E-state index is 14.9. The molecule has 0 bridgehead atoms. The van der Waals surface area contributed by atoms with E-state index in [9.17, 15) is 14.0 Å². The molecule has 0 aliphatic rings. The van der Waals surface area contributed by atoms with Crippen molar-refractivity contribution in [3.63, 3.8) is 0 Å². The second-order valence-electron chi connectivity index (χ2n) is 10.9. The van der Waals surface area contributed by atoms with Gasteiger partial charge in [-0.2, -0.15) is 4.98 Å². The molecule has 3 N–H and O–H groups in total. The molecule has 0 atom stereocenters. The van der Waals surface area contributed by atoms with E-state index in [4.69, 9.17) is 4.52 Å². The van der Waals surface area contributed by atoms with Gasteiger partial charge in [0, 0.05) is 35.7 Å². The second kappa shape index (κ2) is 11.0. The van der Waals surface area contributed by atoms with Gasteiger partial charge in [-0.25, -0.2) is 24.1 Å². The summed E-state index contributed by atoms with van der Waals surface area (Å²) in [7, 11) is 1.69. The lowest BCUT2D eigenvalue weighted by Gasteiger charge is -2.19. The highest BCUT2D eigenvalue weighted by molar-refractivity contribution is 6.02. The Labute approximate surface area is 240 Å². The highest BCUT2D eigenvalue weighted by Crippen LogP contribution is 2.30. The smallest absolute Gasteiger partial charge is 0.323 e. The number of hydrogen-bond acceptors (Lipinski definition) is 9. The van der Waals surface area contributed by atoms with Gasteiger partial charge in [0.05, 0.1) is 29.3 Å². The van der Waals surface area contributed by atoms with Crippen LogP contribution >= 0.6 is 0 Å². The predicted octanol–water partition coefficient (Wildman–Crippen LogP) is 5.61. The number of rotatable bonds is 6. The summed E-state index contributed by atoms with van der Waals surface area (Å²) in [6, 6.07) is 4.80. The highest BCUT2D eigenvalue weighted by atomic mass is 19.1. The number of amides is 2. The van der Waals surface area contributed by atoms with Crippen LogP contribution in [0.25, 0.3) is 33.4 Å². The van der Waals surface area contributed by atoms with Gasteiger partial charge < -0.3 is 20.5 Å². The number of fused-ring (bicyclic) bond motifs is 1. The van der Waals surface area contributed by atoms with Gasteiger partial charge in [0.2, 0.25) is 5.95 Å². The molecule has 0 aliphatic carbocycles. The van der Waals surface area contributed by atoms with E-state index in [1.807, 2.05) is 34.6 Å². The SMILES string of the molecule is CNc1ncc2cc(-c3ccc(F)c(NC(=O)Nc4cnc(C(C)(C)C)nc4-c4cnoc4)c3)c(=O)n(C(C)C)c2n1. The first-order valence-corrected chi connectivity index (χ1v) is 13.2. The average molecular weight is 572 g/mol. The van der Waals surface area contributed by atoms with Crippen molar-refractivity contribution in [2.45, 2.75) is 46.1 Å². The average Bonchev–Trinajstić information content (AvgIpc) is 3.48. The summed E-state index contributed by atoms with van der Waals surface area (Å²) in [4.78, 5) is 44.4.